The number of amides is 1. The lowest BCUT2D eigenvalue weighted by Gasteiger charge is -2.25. The third-order valence-electron chi connectivity index (χ3n) is 2.78. The molecule has 1 N–H and O–H groups in total. The number of likely N-dealkylation sites (N-methyl/N-ethyl adjacent to an activating group) is 2. The van der Waals surface area contributed by atoms with Gasteiger partial charge >= 0.3 is 0 Å². The topological polar surface area (TPSA) is 43.8 Å². The molecule has 0 radical (unpaired) electrons. The molecule has 82 valence electrons. The summed E-state index contributed by atoms with van der Waals surface area (Å²) < 4.78 is 0. The Labute approximate surface area is 85.5 Å². The van der Waals surface area contributed by atoms with Gasteiger partial charge in [-0.1, -0.05) is 6.92 Å². The van der Waals surface area contributed by atoms with Crippen molar-refractivity contribution in [1.82, 2.24) is 9.80 Å². The van der Waals surface area contributed by atoms with E-state index in [1.54, 1.807) is 4.90 Å². The van der Waals surface area contributed by atoms with Gasteiger partial charge < -0.3 is 10.0 Å². The SMILES string of the molecule is CC1CN(C)C(=O)C(CCO)N(C)C1. The number of rotatable bonds is 2. The molecular weight excluding hydrogens is 180 g/mol. The maximum Gasteiger partial charge on any atom is 0.239 e. The number of carbonyl (C=O) groups is 1. The lowest BCUT2D eigenvalue weighted by molar-refractivity contribution is -0.134. The van der Waals surface area contributed by atoms with Gasteiger partial charge in [-0.3, -0.25) is 9.69 Å². The second-order valence-corrected chi connectivity index (χ2v) is 4.29. The summed E-state index contributed by atoms with van der Waals surface area (Å²) in [5.74, 6) is 0.628. The first-order valence-electron chi connectivity index (χ1n) is 5.12. The van der Waals surface area contributed by atoms with Gasteiger partial charge in [0, 0.05) is 26.7 Å². The molecule has 1 saturated heterocycles. The Kier molecular flexibility index (Phi) is 3.89. The highest BCUT2D eigenvalue weighted by Crippen LogP contribution is 2.14. The predicted molar refractivity (Wildman–Crippen MR) is 54.9 cm³/mol. The van der Waals surface area contributed by atoms with Crippen LogP contribution in [0.15, 0.2) is 0 Å². The fourth-order valence-corrected chi connectivity index (χ4v) is 2.14. The molecule has 4 nitrogen and oxygen atoms in total. The Balaban J connectivity index is 2.74. The largest absolute Gasteiger partial charge is 0.396 e. The van der Waals surface area contributed by atoms with Crippen molar-refractivity contribution in [1.29, 1.82) is 0 Å². The van der Waals surface area contributed by atoms with Gasteiger partial charge in [0.1, 0.15) is 0 Å². The third kappa shape index (κ3) is 2.45. The molecule has 0 spiro atoms. The molecule has 1 aliphatic heterocycles. The molecule has 0 aromatic rings. The first-order chi connectivity index (χ1) is 6.56. The van der Waals surface area contributed by atoms with Crippen molar-refractivity contribution in [2.24, 2.45) is 5.92 Å². The van der Waals surface area contributed by atoms with E-state index in [4.69, 9.17) is 5.11 Å². The first kappa shape index (κ1) is 11.5. The molecule has 4 heteroatoms. The summed E-state index contributed by atoms with van der Waals surface area (Å²) in [4.78, 5) is 15.7. The summed E-state index contributed by atoms with van der Waals surface area (Å²) in [6.07, 6.45) is 0.534. The second-order valence-electron chi connectivity index (χ2n) is 4.29. The van der Waals surface area contributed by atoms with E-state index in [-0.39, 0.29) is 18.6 Å². The Hall–Kier alpha value is -0.610. The lowest BCUT2D eigenvalue weighted by atomic mass is 10.1. The Bertz CT molecular complexity index is 208. The van der Waals surface area contributed by atoms with Crippen LogP contribution < -0.4 is 0 Å². The van der Waals surface area contributed by atoms with E-state index < -0.39 is 0 Å². The molecule has 1 fully saturated rings. The third-order valence-corrected chi connectivity index (χ3v) is 2.78. The quantitative estimate of drug-likeness (QED) is 0.670. The van der Waals surface area contributed by atoms with Crippen LogP contribution in [0.25, 0.3) is 0 Å². The maximum absolute atomic E-state index is 11.9. The van der Waals surface area contributed by atoms with Gasteiger partial charge in [-0.05, 0) is 19.4 Å². The summed E-state index contributed by atoms with van der Waals surface area (Å²) in [5.41, 5.74) is 0. The van der Waals surface area contributed by atoms with Gasteiger partial charge in [-0.15, -0.1) is 0 Å². The smallest absolute Gasteiger partial charge is 0.239 e. The van der Waals surface area contributed by atoms with Gasteiger partial charge in [-0.25, -0.2) is 0 Å². The monoisotopic (exact) mass is 200 g/mol. The second kappa shape index (κ2) is 4.75. The van der Waals surface area contributed by atoms with Crippen LogP contribution in [0, 0.1) is 5.92 Å². The lowest BCUT2D eigenvalue weighted by Crippen LogP contribution is -2.43. The Morgan fingerprint density at radius 2 is 2.07 bits per heavy atom. The van der Waals surface area contributed by atoms with Gasteiger partial charge in [0.25, 0.3) is 0 Å². The zero-order valence-electron chi connectivity index (χ0n) is 9.23. The van der Waals surface area contributed by atoms with E-state index in [0.717, 1.165) is 13.1 Å². The molecule has 2 atom stereocenters. The standard InChI is InChI=1S/C10H20N2O2/c1-8-6-11(2)9(4-5-13)10(14)12(3)7-8/h8-9,13H,4-7H2,1-3H3. The molecule has 0 aromatic heterocycles. The highest BCUT2D eigenvalue weighted by Gasteiger charge is 2.30. The zero-order chi connectivity index (χ0) is 10.7. The van der Waals surface area contributed by atoms with Crippen LogP contribution in [0.1, 0.15) is 13.3 Å². The van der Waals surface area contributed by atoms with Gasteiger partial charge in [-0.2, -0.15) is 0 Å². The zero-order valence-corrected chi connectivity index (χ0v) is 9.23. The van der Waals surface area contributed by atoms with E-state index in [9.17, 15) is 4.79 Å². The van der Waals surface area contributed by atoms with Crippen LogP contribution in [0.3, 0.4) is 0 Å². The van der Waals surface area contributed by atoms with Crippen molar-refractivity contribution < 1.29 is 9.90 Å². The van der Waals surface area contributed by atoms with Crippen molar-refractivity contribution in [3.05, 3.63) is 0 Å². The molecule has 2 unspecified atom stereocenters. The average molecular weight is 200 g/mol. The minimum Gasteiger partial charge on any atom is -0.396 e. The molecule has 14 heavy (non-hydrogen) atoms. The predicted octanol–water partition coefficient (Wildman–Crippen LogP) is -0.223. The molecule has 1 aliphatic rings. The van der Waals surface area contributed by atoms with Crippen molar-refractivity contribution in [3.63, 3.8) is 0 Å². The van der Waals surface area contributed by atoms with E-state index in [1.165, 1.54) is 0 Å². The maximum atomic E-state index is 11.9. The molecule has 1 amide bonds. The van der Waals surface area contributed by atoms with E-state index in [0.29, 0.717) is 12.3 Å². The van der Waals surface area contributed by atoms with Crippen molar-refractivity contribution in [2.45, 2.75) is 19.4 Å². The summed E-state index contributed by atoms with van der Waals surface area (Å²) in [6, 6.07) is -0.144. The molecule has 1 heterocycles. The van der Waals surface area contributed by atoms with Crippen LogP contribution in [0.4, 0.5) is 0 Å². The average Bonchev–Trinajstić information content (AvgIpc) is 2.18. The number of nitrogens with zero attached hydrogens (tertiary/aromatic N) is 2. The van der Waals surface area contributed by atoms with Crippen LogP contribution in [-0.2, 0) is 4.79 Å². The number of hydrogen-bond donors (Lipinski definition) is 1. The number of hydrogen-bond acceptors (Lipinski definition) is 3. The van der Waals surface area contributed by atoms with Gasteiger partial charge in [0.05, 0.1) is 6.04 Å². The van der Waals surface area contributed by atoms with Crippen LogP contribution in [0.5, 0.6) is 0 Å². The van der Waals surface area contributed by atoms with Crippen molar-refractivity contribution >= 4 is 5.91 Å². The molecule has 0 aliphatic carbocycles. The van der Waals surface area contributed by atoms with Crippen LogP contribution >= 0.6 is 0 Å². The molecular formula is C10H20N2O2. The van der Waals surface area contributed by atoms with Crippen LogP contribution in [0.2, 0.25) is 0 Å². The highest BCUT2D eigenvalue weighted by atomic mass is 16.3. The summed E-state index contributed by atoms with van der Waals surface area (Å²) in [5, 5.41) is 8.90. The van der Waals surface area contributed by atoms with Crippen molar-refractivity contribution in [3.8, 4) is 0 Å². The van der Waals surface area contributed by atoms with Gasteiger partial charge in [0.2, 0.25) is 5.91 Å². The fraction of sp³-hybridized carbons (Fsp3) is 0.900. The molecule has 1 rings (SSSR count). The molecule has 0 aromatic carbocycles. The summed E-state index contributed by atoms with van der Waals surface area (Å²) >= 11 is 0. The van der Waals surface area contributed by atoms with E-state index in [1.807, 2.05) is 19.0 Å². The minimum atomic E-state index is -0.144. The fourth-order valence-electron chi connectivity index (χ4n) is 2.14. The Morgan fingerprint density at radius 1 is 1.43 bits per heavy atom. The number of aliphatic hydroxyl groups excluding tert-OH is 1. The summed E-state index contributed by atoms with van der Waals surface area (Å²) in [6.45, 7) is 3.94. The molecule has 0 saturated carbocycles. The minimum absolute atomic E-state index is 0.0724. The number of aliphatic hydroxyl groups is 1. The van der Waals surface area contributed by atoms with Crippen LogP contribution in [-0.4, -0.2) is 60.6 Å². The Morgan fingerprint density at radius 3 is 2.64 bits per heavy atom. The van der Waals surface area contributed by atoms with Crippen molar-refractivity contribution in [2.75, 3.05) is 33.8 Å². The van der Waals surface area contributed by atoms with Gasteiger partial charge in [0.15, 0.2) is 0 Å². The summed E-state index contributed by atoms with van der Waals surface area (Å²) in [7, 11) is 3.79. The van der Waals surface area contributed by atoms with E-state index >= 15 is 0 Å². The number of carbonyl (C=O) groups excluding carboxylic acids is 1. The first-order valence-corrected chi connectivity index (χ1v) is 5.12. The van der Waals surface area contributed by atoms with E-state index in [2.05, 4.69) is 6.92 Å². The molecule has 0 bridgehead atoms. The normalized spacial score (nSPS) is 30.6. The highest BCUT2D eigenvalue weighted by molar-refractivity contribution is 5.81.